The number of nitrogens with zero attached hydrogens (tertiary/aromatic N) is 7. The van der Waals surface area contributed by atoms with Gasteiger partial charge < -0.3 is 19.7 Å². The van der Waals surface area contributed by atoms with E-state index in [0.717, 1.165) is 69.2 Å². The Morgan fingerprint density at radius 3 is 2.58 bits per heavy atom. The topological polar surface area (TPSA) is 85.9 Å². The van der Waals surface area contributed by atoms with Crippen LogP contribution in [0.4, 0.5) is 16.0 Å². The van der Waals surface area contributed by atoms with Crippen molar-refractivity contribution in [3.63, 3.8) is 0 Å². The molecule has 0 saturated carbocycles. The zero-order valence-corrected chi connectivity index (χ0v) is 21.6. The zero-order valence-electron chi connectivity index (χ0n) is 21.6. The van der Waals surface area contributed by atoms with Gasteiger partial charge in [-0.3, -0.25) is 0 Å². The number of halogens is 1. The maximum atomic E-state index is 13.9. The van der Waals surface area contributed by atoms with E-state index in [9.17, 15) is 9.65 Å². The summed E-state index contributed by atoms with van der Waals surface area (Å²) in [6.45, 7) is 11.6. The molecule has 2 aromatic heterocycles. The Labute approximate surface area is 212 Å². The minimum absolute atomic E-state index is 0.199. The number of hydrogen-bond donors (Lipinski definition) is 1. The lowest BCUT2D eigenvalue weighted by Gasteiger charge is -2.33. The summed E-state index contributed by atoms with van der Waals surface area (Å²) >= 11 is 0. The van der Waals surface area contributed by atoms with Gasteiger partial charge in [-0.05, 0) is 56.6 Å². The summed E-state index contributed by atoms with van der Waals surface area (Å²) < 4.78 is 16.2. The van der Waals surface area contributed by atoms with Crippen molar-refractivity contribution in [3.8, 4) is 17.3 Å². The van der Waals surface area contributed by atoms with Crippen molar-refractivity contribution in [1.82, 2.24) is 24.4 Å². The van der Waals surface area contributed by atoms with E-state index in [1.54, 1.807) is 14.0 Å². The summed E-state index contributed by atoms with van der Waals surface area (Å²) in [5.74, 6) is 2.41. The van der Waals surface area contributed by atoms with Gasteiger partial charge in [0, 0.05) is 50.9 Å². The number of piperidine rings is 1. The van der Waals surface area contributed by atoms with Gasteiger partial charge in [0.05, 0.1) is 5.69 Å². The molecule has 1 aliphatic rings. The number of aryl methyl sites for hydroxylation is 1. The van der Waals surface area contributed by atoms with Gasteiger partial charge in [0.1, 0.15) is 35.4 Å². The van der Waals surface area contributed by atoms with Crippen LogP contribution >= 0.6 is 0 Å². The van der Waals surface area contributed by atoms with E-state index >= 15 is 0 Å². The number of aromatic nitrogens is 4. The van der Waals surface area contributed by atoms with Crippen molar-refractivity contribution in [3.05, 3.63) is 53.5 Å². The fourth-order valence-corrected chi connectivity index (χ4v) is 4.93. The second-order valence-electron chi connectivity index (χ2n) is 9.21. The Morgan fingerprint density at radius 2 is 1.94 bits per heavy atom. The minimum atomic E-state index is -0.199. The fourth-order valence-electron chi connectivity index (χ4n) is 4.93. The SMILES string of the molecule is CCN(CC)CCn1cc(-c2ccc(F)c(C)c2)nc1C1CCN(c2ncnc(NC)c2C#N)CC1. The number of rotatable bonds is 9. The Balaban J connectivity index is 1.58. The van der Waals surface area contributed by atoms with E-state index in [1.165, 1.54) is 12.4 Å². The molecule has 1 fully saturated rings. The molecule has 9 heteroatoms. The molecule has 0 spiro atoms. The first-order valence-corrected chi connectivity index (χ1v) is 12.7. The molecule has 36 heavy (non-hydrogen) atoms. The Morgan fingerprint density at radius 1 is 1.19 bits per heavy atom. The average Bonchev–Trinajstić information content (AvgIpc) is 3.34. The summed E-state index contributed by atoms with van der Waals surface area (Å²) in [7, 11) is 1.76. The van der Waals surface area contributed by atoms with Crippen LogP contribution in [0.3, 0.4) is 0 Å². The Hall–Kier alpha value is -3.51. The zero-order chi connectivity index (χ0) is 25.7. The second kappa shape index (κ2) is 11.5. The molecule has 0 atom stereocenters. The molecular formula is C27H35FN8. The summed E-state index contributed by atoms with van der Waals surface area (Å²) in [6.07, 6.45) is 5.45. The number of nitriles is 1. The van der Waals surface area contributed by atoms with Gasteiger partial charge in [-0.25, -0.2) is 19.3 Å². The van der Waals surface area contributed by atoms with Crippen LogP contribution in [0.5, 0.6) is 0 Å². The van der Waals surface area contributed by atoms with Gasteiger partial charge in [-0.2, -0.15) is 5.26 Å². The van der Waals surface area contributed by atoms with Gasteiger partial charge in [0.15, 0.2) is 5.82 Å². The van der Waals surface area contributed by atoms with E-state index in [2.05, 4.69) is 55.8 Å². The van der Waals surface area contributed by atoms with Crippen LogP contribution in [0.15, 0.2) is 30.7 Å². The summed E-state index contributed by atoms with van der Waals surface area (Å²) in [6, 6.07) is 7.46. The van der Waals surface area contributed by atoms with E-state index in [1.807, 2.05) is 12.1 Å². The fraction of sp³-hybridized carbons (Fsp3) is 0.481. The van der Waals surface area contributed by atoms with Gasteiger partial charge >= 0.3 is 0 Å². The number of imidazole rings is 1. The third-order valence-electron chi connectivity index (χ3n) is 7.15. The molecule has 0 aliphatic carbocycles. The molecule has 0 bridgehead atoms. The number of nitrogens with one attached hydrogen (secondary N) is 1. The summed E-state index contributed by atoms with van der Waals surface area (Å²) in [4.78, 5) is 18.3. The van der Waals surface area contributed by atoms with Crippen molar-refractivity contribution >= 4 is 11.6 Å². The molecule has 1 saturated heterocycles. The second-order valence-corrected chi connectivity index (χ2v) is 9.21. The van der Waals surface area contributed by atoms with Crippen molar-refractivity contribution in [2.75, 3.05) is 50.0 Å². The number of likely N-dealkylation sites (N-methyl/N-ethyl adjacent to an activating group) is 1. The maximum Gasteiger partial charge on any atom is 0.152 e. The quantitative estimate of drug-likeness (QED) is 0.475. The first kappa shape index (κ1) is 25.6. The highest BCUT2D eigenvalue weighted by Gasteiger charge is 2.28. The molecule has 0 unspecified atom stereocenters. The average molecular weight is 491 g/mol. The largest absolute Gasteiger partial charge is 0.372 e. The molecule has 190 valence electrons. The first-order chi connectivity index (χ1) is 17.5. The Kier molecular flexibility index (Phi) is 8.16. The van der Waals surface area contributed by atoms with Crippen molar-refractivity contribution in [1.29, 1.82) is 5.26 Å². The summed E-state index contributed by atoms with van der Waals surface area (Å²) in [5.41, 5.74) is 2.93. The molecule has 1 aromatic carbocycles. The summed E-state index contributed by atoms with van der Waals surface area (Å²) in [5, 5.41) is 12.7. The van der Waals surface area contributed by atoms with Gasteiger partial charge in [-0.1, -0.05) is 13.8 Å². The molecule has 8 nitrogen and oxygen atoms in total. The van der Waals surface area contributed by atoms with Crippen LogP contribution in [0.25, 0.3) is 11.3 Å². The van der Waals surface area contributed by atoms with Crippen molar-refractivity contribution < 1.29 is 4.39 Å². The van der Waals surface area contributed by atoms with E-state index in [0.29, 0.717) is 28.7 Å². The van der Waals surface area contributed by atoms with Gasteiger partial charge in [-0.15, -0.1) is 0 Å². The number of benzene rings is 1. The molecule has 3 heterocycles. The van der Waals surface area contributed by atoms with Gasteiger partial charge in [0.25, 0.3) is 0 Å². The normalized spacial score (nSPS) is 14.3. The highest BCUT2D eigenvalue weighted by molar-refractivity contribution is 5.65. The molecule has 0 radical (unpaired) electrons. The van der Waals surface area contributed by atoms with Gasteiger partial charge in [0.2, 0.25) is 0 Å². The van der Waals surface area contributed by atoms with Crippen LogP contribution in [-0.4, -0.2) is 64.2 Å². The molecule has 1 N–H and O–H groups in total. The Bertz CT molecular complexity index is 1220. The standard InChI is InChI=1S/C27H35FN8/c1-5-34(6-2)13-14-36-17-24(21-7-8-23(28)19(3)15-21)33-26(36)20-9-11-35(12-10-20)27-22(16-29)25(30-4)31-18-32-27/h7-8,15,17-18,20H,5-6,9-14H2,1-4H3,(H,30,31,32). The van der Waals surface area contributed by atoms with E-state index < -0.39 is 0 Å². The molecule has 0 amide bonds. The van der Waals surface area contributed by atoms with Crippen LogP contribution < -0.4 is 10.2 Å². The molecule has 1 aliphatic heterocycles. The van der Waals surface area contributed by atoms with Crippen LogP contribution in [0.1, 0.15) is 49.6 Å². The van der Waals surface area contributed by atoms with E-state index in [4.69, 9.17) is 4.98 Å². The monoisotopic (exact) mass is 490 g/mol. The number of anilines is 2. The first-order valence-electron chi connectivity index (χ1n) is 12.7. The lowest BCUT2D eigenvalue weighted by Crippen LogP contribution is -2.35. The maximum absolute atomic E-state index is 13.9. The third-order valence-corrected chi connectivity index (χ3v) is 7.15. The highest BCUT2D eigenvalue weighted by Crippen LogP contribution is 2.33. The predicted octanol–water partition coefficient (Wildman–Crippen LogP) is 4.43. The van der Waals surface area contributed by atoms with E-state index in [-0.39, 0.29) is 5.82 Å². The lowest BCUT2D eigenvalue weighted by molar-refractivity contribution is 0.287. The molecule has 4 rings (SSSR count). The smallest absolute Gasteiger partial charge is 0.152 e. The molecular weight excluding hydrogens is 455 g/mol. The van der Waals surface area contributed by atoms with Crippen LogP contribution in [0, 0.1) is 24.1 Å². The van der Waals surface area contributed by atoms with Crippen LogP contribution in [-0.2, 0) is 6.54 Å². The number of hydrogen-bond acceptors (Lipinski definition) is 7. The van der Waals surface area contributed by atoms with Crippen molar-refractivity contribution in [2.45, 2.75) is 46.1 Å². The highest BCUT2D eigenvalue weighted by atomic mass is 19.1. The van der Waals surface area contributed by atoms with Crippen molar-refractivity contribution in [2.24, 2.45) is 0 Å². The minimum Gasteiger partial charge on any atom is -0.372 e. The third kappa shape index (κ3) is 5.34. The predicted molar refractivity (Wildman–Crippen MR) is 141 cm³/mol. The lowest BCUT2D eigenvalue weighted by atomic mass is 9.95. The molecule has 3 aromatic rings. The van der Waals surface area contributed by atoms with Crippen LogP contribution in [0.2, 0.25) is 0 Å².